The first-order valence-electron chi connectivity index (χ1n) is 8.33. The molecular formula is C19H21N3O3. The number of primary amides is 1. The van der Waals surface area contributed by atoms with E-state index in [1.54, 1.807) is 23.8 Å². The monoisotopic (exact) mass is 339 g/mol. The SMILES string of the molecule is Cc1ccn(C2CC2)c(=O)c1C(=O)N[C@@H](Cc1ccccc1)C(N)=O. The molecule has 6 heteroatoms. The summed E-state index contributed by atoms with van der Waals surface area (Å²) in [5.41, 5.74) is 6.67. The van der Waals surface area contributed by atoms with Crippen LogP contribution in [0.3, 0.4) is 0 Å². The van der Waals surface area contributed by atoms with Crippen molar-refractivity contribution in [3.05, 3.63) is 69.6 Å². The highest BCUT2D eigenvalue weighted by atomic mass is 16.2. The number of carbonyl (C=O) groups excluding carboxylic acids is 2. The predicted octanol–water partition coefficient (Wildman–Crippen LogP) is 1.32. The van der Waals surface area contributed by atoms with Crippen LogP contribution in [-0.2, 0) is 11.2 Å². The third kappa shape index (κ3) is 3.79. The van der Waals surface area contributed by atoms with E-state index in [0.29, 0.717) is 5.56 Å². The van der Waals surface area contributed by atoms with Gasteiger partial charge in [0.15, 0.2) is 0 Å². The number of nitrogens with one attached hydrogen (secondary N) is 1. The highest BCUT2D eigenvalue weighted by Crippen LogP contribution is 2.33. The molecule has 3 N–H and O–H groups in total. The minimum absolute atomic E-state index is 0.0775. The molecule has 0 saturated heterocycles. The molecule has 2 amide bonds. The Bertz CT molecular complexity index is 854. The molecule has 0 spiro atoms. The highest BCUT2D eigenvalue weighted by molar-refractivity contribution is 5.98. The second-order valence-corrected chi connectivity index (χ2v) is 6.44. The van der Waals surface area contributed by atoms with Crippen LogP contribution >= 0.6 is 0 Å². The minimum Gasteiger partial charge on any atom is -0.368 e. The largest absolute Gasteiger partial charge is 0.368 e. The molecule has 130 valence electrons. The van der Waals surface area contributed by atoms with E-state index in [1.807, 2.05) is 30.3 Å². The van der Waals surface area contributed by atoms with Crippen molar-refractivity contribution in [2.24, 2.45) is 5.73 Å². The van der Waals surface area contributed by atoms with Gasteiger partial charge in [0.25, 0.3) is 11.5 Å². The van der Waals surface area contributed by atoms with Crippen molar-refractivity contribution >= 4 is 11.8 Å². The standard InChI is InChI=1S/C19H21N3O3/c1-12-9-10-22(14-7-8-14)19(25)16(12)18(24)21-15(17(20)23)11-13-5-3-2-4-6-13/h2-6,9-10,14-15H,7-8,11H2,1H3,(H2,20,23)(H,21,24)/t15-/m0/s1. The first-order valence-corrected chi connectivity index (χ1v) is 8.33. The van der Waals surface area contributed by atoms with Gasteiger partial charge in [0.1, 0.15) is 11.6 Å². The second-order valence-electron chi connectivity index (χ2n) is 6.44. The van der Waals surface area contributed by atoms with Gasteiger partial charge in [-0.05, 0) is 37.0 Å². The van der Waals surface area contributed by atoms with Crippen LogP contribution in [0.15, 0.2) is 47.4 Å². The van der Waals surface area contributed by atoms with Crippen molar-refractivity contribution in [2.45, 2.75) is 38.3 Å². The van der Waals surface area contributed by atoms with E-state index in [4.69, 9.17) is 5.73 Å². The van der Waals surface area contributed by atoms with Gasteiger partial charge in [-0.1, -0.05) is 30.3 Å². The zero-order chi connectivity index (χ0) is 18.0. The molecule has 1 heterocycles. The fourth-order valence-corrected chi connectivity index (χ4v) is 2.86. The molecule has 6 nitrogen and oxygen atoms in total. The molecule has 1 saturated carbocycles. The van der Waals surface area contributed by atoms with E-state index < -0.39 is 17.9 Å². The number of benzene rings is 1. The van der Waals surface area contributed by atoms with Crippen molar-refractivity contribution in [1.29, 1.82) is 0 Å². The van der Waals surface area contributed by atoms with Crippen LogP contribution in [0.4, 0.5) is 0 Å². The lowest BCUT2D eigenvalue weighted by Gasteiger charge is -2.17. The molecule has 2 aromatic rings. The van der Waals surface area contributed by atoms with Gasteiger partial charge in [-0.2, -0.15) is 0 Å². The van der Waals surface area contributed by atoms with Crippen LogP contribution in [0.25, 0.3) is 0 Å². The van der Waals surface area contributed by atoms with Crippen molar-refractivity contribution in [2.75, 3.05) is 0 Å². The number of nitrogens with zero attached hydrogens (tertiary/aromatic N) is 1. The molecule has 1 fully saturated rings. The molecule has 0 unspecified atom stereocenters. The quantitative estimate of drug-likeness (QED) is 0.831. The van der Waals surface area contributed by atoms with E-state index in [-0.39, 0.29) is 23.6 Å². The molecule has 0 radical (unpaired) electrons. The number of rotatable bonds is 6. The highest BCUT2D eigenvalue weighted by Gasteiger charge is 2.28. The Morgan fingerprint density at radius 2 is 1.92 bits per heavy atom. The average molecular weight is 339 g/mol. The molecular weight excluding hydrogens is 318 g/mol. The zero-order valence-electron chi connectivity index (χ0n) is 14.1. The van der Waals surface area contributed by atoms with Crippen molar-refractivity contribution < 1.29 is 9.59 Å². The Labute approximate surface area is 145 Å². The Balaban J connectivity index is 1.83. The maximum absolute atomic E-state index is 12.7. The molecule has 1 atom stereocenters. The number of nitrogens with two attached hydrogens (primary N) is 1. The lowest BCUT2D eigenvalue weighted by atomic mass is 10.0. The Hall–Kier alpha value is -2.89. The van der Waals surface area contributed by atoms with Gasteiger partial charge < -0.3 is 15.6 Å². The van der Waals surface area contributed by atoms with Crippen LogP contribution in [0.5, 0.6) is 0 Å². The van der Waals surface area contributed by atoms with E-state index in [1.165, 1.54) is 0 Å². The van der Waals surface area contributed by atoms with Crippen molar-refractivity contribution in [1.82, 2.24) is 9.88 Å². The van der Waals surface area contributed by atoms with Crippen molar-refractivity contribution in [3.8, 4) is 0 Å². The number of amides is 2. The Morgan fingerprint density at radius 1 is 1.24 bits per heavy atom. The minimum atomic E-state index is -0.872. The summed E-state index contributed by atoms with van der Waals surface area (Å²) < 4.78 is 1.60. The summed E-state index contributed by atoms with van der Waals surface area (Å²) in [4.78, 5) is 37.0. The summed E-state index contributed by atoms with van der Waals surface area (Å²) in [5, 5.41) is 2.62. The molecule has 0 aliphatic heterocycles. The fraction of sp³-hybridized carbons (Fsp3) is 0.316. The van der Waals surface area contributed by atoms with E-state index in [2.05, 4.69) is 5.32 Å². The molecule has 0 bridgehead atoms. The van der Waals surface area contributed by atoms with E-state index in [0.717, 1.165) is 18.4 Å². The number of hydrogen-bond acceptors (Lipinski definition) is 3. The summed E-state index contributed by atoms with van der Waals surface area (Å²) in [6.07, 6.45) is 3.90. The molecule has 3 rings (SSSR count). The summed E-state index contributed by atoms with van der Waals surface area (Å²) in [6.45, 7) is 1.71. The number of hydrogen-bond donors (Lipinski definition) is 2. The average Bonchev–Trinajstić information content (AvgIpc) is 3.40. The Kier molecular flexibility index (Phi) is 4.70. The van der Waals surface area contributed by atoms with Gasteiger partial charge in [-0.3, -0.25) is 14.4 Å². The van der Waals surface area contributed by atoms with Gasteiger partial charge >= 0.3 is 0 Å². The second kappa shape index (κ2) is 6.93. The van der Waals surface area contributed by atoms with Crippen LogP contribution in [0.1, 0.15) is 40.4 Å². The molecule has 1 aromatic carbocycles. The fourth-order valence-electron chi connectivity index (χ4n) is 2.86. The van der Waals surface area contributed by atoms with E-state index in [9.17, 15) is 14.4 Å². The van der Waals surface area contributed by atoms with Gasteiger partial charge in [0, 0.05) is 18.7 Å². The van der Waals surface area contributed by atoms with Gasteiger partial charge in [0.2, 0.25) is 5.91 Å². The summed E-state index contributed by atoms with van der Waals surface area (Å²) >= 11 is 0. The summed E-state index contributed by atoms with van der Waals surface area (Å²) in [7, 11) is 0. The third-order valence-electron chi connectivity index (χ3n) is 4.43. The predicted molar refractivity (Wildman–Crippen MR) is 94.3 cm³/mol. The number of carbonyl (C=O) groups is 2. The molecule has 1 aliphatic rings. The van der Waals surface area contributed by atoms with Gasteiger partial charge in [-0.15, -0.1) is 0 Å². The molecule has 1 aliphatic carbocycles. The number of pyridine rings is 1. The Morgan fingerprint density at radius 3 is 2.52 bits per heavy atom. The number of aromatic nitrogens is 1. The van der Waals surface area contributed by atoms with E-state index >= 15 is 0 Å². The molecule has 1 aromatic heterocycles. The van der Waals surface area contributed by atoms with Crippen LogP contribution in [0.2, 0.25) is 0 Å². The first-order chi connectivity index (χ1) is 12.0. The first kappa shape index (κ1) is 17.0. The lowest BCUT2D eigenvalue weighted by Crippen LogP contribution is -2.47. The van der Waals surface area contributed by atoms with Crippen LogP contribution in [0, 0.1) is 6.92 Å². The molecule has 25 heavy (non-hydrogen) atoms. The maximum atomic E-state index is 12.7. The normalized spacial score (nSPS) is 14.8. The van der Waals surface area contributed by atoms with Gasteiger partial charge in [-0.25, -0.2) is 0 Å². The third-order valence-corrected chi connectivity index (χ3v) is 4.43. The van der Waals surface area contributed by atoms with Gasteiger partial charge in [0.05, 0.1) is 0 Å². The van der Waals surface area contributed by atoms with Crippen LogP contribution < -0.4 is 16.6 Å². The van der Waals surface area contributed by atoms with Crippen molar-refractivity contribution in [3.63, 3.8) is 0 Å². The summed E-state index contributed by atoms with van der Waals surface area (Å²) in [5.74, 6) is -1.19. The summed E-state index contributed by atoms with van der Waals surface area (Å²) in [6, 6.07) is 10.3. The zero-order valence-corrected chi connectivity index (χ0v) is 14.1. The van der Waals surface area contributed by atoms with Crippen LogP contribution in [-0.4, -0.2) is 22.4 Å². The lowest BCUT2D eigenvalue weighted by molar-refractivity contribution is -0.119. The smallest absolute Gasteiger partial charge is 0.263 e. The maximum Gasteiger partial charge on any atom is 0.263 e. The number of aryl methyl sites for hydroxylation is 1. The topological polar surface area (TPSA) is 94.2 Å².